The zero-order valence-electron chi connectivity index (χ0n) is 10.8. The maximum Gasteiger partial charge on any atom is 0.303 e. The number of carboxylic acid groups (broad SMARTS) is 1. The monoisotopic (exact) mass is 249 g/mol. The molecule has 4 nitrogen and oxygen atoms in total. The molecule has 0 bridgehead atoms. The van der Waals surface area contributed by atoms with Crippen molar-refractivity contribution < 1.29 is 14.7 Å². The van der Waals surface area contributed by atoms with Crippen molar-refractivity contribution in [1.29, 1.82) is 0 Å². The van der Waals surface area contributed by atoms with Crippen molar-refractivity contribution in [2.24, 2.45) is 0 Å². The highest BCUT2D eigenvalue weighted by Crippen LogP contribution is 2.06. The van der Waals surface area contributed by atoms with E-state index in [0.29, 0.717) is 18.5 Å². The van der Waals surface area contributed by atoms with Crippen LogP contribution in [0.15, 0.2) is 24.3 Å². The van der Waals surface area contributed by atoms with Crippen LogP contribution in [0.2, 0.25) is 0 Å². The molecule has 0 aliphatic carbocycles. The highest BCUT2D eigenvalue weighted by Gasteiger charge is 2.13. The van der Waals surface area contributed by atoms with Crippen molar-refractivity contribution in [1.82, 2.24) is 5.32 Å². The van der Waals surface area contributed by atoms with Crippen LogP contribution in [-0.2, 0) is 4.79 Å². The van der Waals surface area contributed by atoms with Gasteiger partial charge in [0.05, 0.1) is 6.04 Å². The second-order valence-electron chi connectivity index (χ2n) is 4.40. The fraction of sp³-hybridized carbons (Fsp3) is 0.429. The van der Waals surface area contributed by atoms with Gasteiger partial charge < -0.3 is 10.4 Å². The molecular formula is C14H19NO3. The molecule has 4 heteroatoms. The Morgan fingerprint density at radius 3 is 2.44 bits per heavy atom. The quantitative estimate of drug-likeness (QED) is 0.573. The number of carbonyl (C=O) groups is 2. The number of hydrogen-bond donors (Lipinski definition) is 2. The first-order chi connectivity index (χ1) is 8.50. The van der Waals surface area contributed by atoms with Crippen LogP contribution in [-0.4, -0.2) is 29.4 Å². The first-order valence-corrected chi connectivity index (χ1v) is 6.07. The summed E-state index contributed by atoms with van der Waals surface area (Å²) in [7, 11) is 0. The summed E-state index contributed by atoms with van der Waals surface area (Å²) < 4.78 is 0. The van der Waals surface area contributed by atoms with E-state index in [2.05, 4.69) is 5.32 Å². The number of carboxylic acids is 1. The van der Waals surface area contributed by atoms with Gasteiger partial charge in [-0.3, -0.25) is 9.59 Å². The highest BCUT2D eigenvalue weighted by atomic mass is 16.4. The lowest BCUT2D eigenvalue weighted by molar-refractivity contribution is -0.137. The minimum absolute atomic E-state index is 0.0327. The first-order valence-electron chi connectivity index (χ1n) is 6.07. The van der Waals surface area contributed by atoms with Gasteiger partial charge in [-0.1, -0.05) is 29.8 Å². The lowest BCUT2D eigenvalue weighted by atomic mass is 10.0. The summed E-state index contributed by atoms with van der Waals surface area (Å²) in [5.74, 6) is -0.778. The van der Waals surface area contributed by atoms with E-state index < -0.39 is 5.97 Å². The number of carbonyl (C=O) groups excluding carboxylic acids is 1. The third-order valence-corrected chi connectivity index (χ3v) is 2.75. The topological polar surface area (TPSA) is 66.4 Å². The van der Waals surface area contributed by atoms with E-state index in [1.54, 1.807) is 6.92 Å². The predicted octanol–water partition coefficient (Wildman–Crippen LogP) is 2.02. The van der Waals surface area contributed by atoms with Gasteiger partial charge in [-0.05, 0) is 26.8 Å². The Morgan fingerprint density at radius 2 is 1.89 bits per heavy atom. The van der Waals surface area contributed by atoms with Crippen LogP contribution in [0.5, 0.6) is 0 Å². The van der Waals surface area contributed by atoms with Gasteiger partial charge in [-0.2, -0.15) is 0 Å². The Bertz CT molecular complexity index is 412. The molecule has 1 aromatic carbocycles. The molecule has 0 radical (unpaired) electrons. The van der Waals surface area contributed by atoms with Gasteiger partial charge in [0.15, 0.2) is 5.78 Å². The van der Waals surface area contributed by atoms with Gasteiger partial charge in [0, 0.05) is 12.0 Å². The van der Waals surface area contributed by atoms with Gasteiger partial charge >= 0.3 is 5.97 Å². The number of ketones is 1. The maximum absolute atomic E-state index is 12.0. The Morgan fingerprint density at radius 1 is 1.28 bits per heavy atom. The second-order valence-corrected chi connectivity index (χ2v) is 4.40. The number of nitrogens with one attached hydrogen (secondary N) is 1. The Balaban J connectivity index is 2.41. The molecule has 0 fully saturated rings. The van der Waals surface area contributed by atoms with Crippen LogP contribution in [0.1, 0.15) is 35.7 Å². The molecule has 0 saturated carbocycles. The van der Waals surface area contributed by atoms with E-state index >= 15 is 0 Å². The van der Waals surface area contributed by atoms with E-state index in [-0.39, 0.29) is 18.2 Å². The number of Topliss-reactive ketones (excluding diaryl/α,β-unsaturated/α-hetero) is 1. The van der Waals surface area contributed by atoms with Gasteiger partial charge in [0.2, 0.25) is 0 Å². The average molecular weight is 249 g/mol. The number of aryl methyl sites for hydroxylation is 1. The van der Waals surface area contributed by atoms with Crippen LogP contribution < -0.4 is 5.32 Å². The van der Waals surface area contributed by atoms with E-state index in [9.17, 15) is 9.59 Å². The Labute approximate surface area is 107 Å². The van der Waals surface area contributed by atoms with Crippen LogP contribution in [0.4, 0.5) is 0 Å². The molecule has 1 unspecified atom stereocenters. The van der Waals surface area contributed by atoms with Gasteiger partial charge in [-0.15, -0.1) is 0 Å². The molecule has 0 aliphatic rings. The van der Waals surface area contributed by atoms with Crippen LogP contribution >= 0.6 is 0 Å². The molecule has 1 atom stereocenters. The van der Waals surface area contributed by atoms with E-state index in [1.165, 1.54) is 0 Å². The summed E-state index contributed by atoms with van der Waals surface area (Å²) in [6, 6.07) is 7.15. The summed E-state index contributed by atoms with van der Waals surface area (Å²) in [6.07, 6.45) is 0.652. The summed E-state index contributed by atoms with van der Waals surface area (Å²) in [5, 5.41) is 11.5. The van der Waals surface area contributed by atoms with Gasteiger partial charge in [0.25, 0.3) is 0 Å². The van der Waals surface area contributed by atoms with Crippen molar-refractivity contribution in [3.63, 3.8) is 0 Å². The lowest BCUT2D eigenvalue weighted by Crippen LogP contribution is -2.34. The van der Waals surface area contributed by atoms with E-state index in [1.807, 2.05) is 31.2 Å². The van der Waals surface area contributed by atoms with Crippen molar-refractivity contribution >= 4 is 11.8 Å². The highest BCUT2D eigenvalue weighted by molar-refractivity contribution is 5.99. The molecule has 1 aromatic rings. The number of aliphatic carboxylic acids is 1. The Kier molecular flexibility index (Phi) is 5.52. The molecule has 0 heterocycles. The largest absolute Gasteiger partial charge is 0.481 e. The molecule has 1 rings (SSSR count). The first kappa shape index (κ1) is 14.4. The van der Waals surface area contributed by atoms with Crippen LogP contribution in [0, 0.1) is 6.92 Å². The summed E-state index contributed by atoms with van der Waals surface area (Å²) in [4.78, 5) is 22.3. The third kappa shape index (κ3) is 4.67. The normalized spacial score (nSPS) is 12.1. The van der Waals surface area contributed by atoms with E-state index in [0.717, 1.165) is 5.56 Å². The molecular weight excluding hydrogens is 230 g/mol. The second kappa shape index (κ2) is 6.91. The lowest BCUT2D eigenvalue weighted by Gasteiger charge is -2.12. The smallest absolute Gasteiger partial charge is 0.303 e. The van der Waals surface area contributed by atoms with Crippen molar-refractivity contribution in [2.75, 3.05) is 6.54 Å². The SMILES string of the molecule is Cc1ccc(C(=O)C(C)NCCCC(=O)O)cc1. The molecule has 2 N–H and O–H groups in total. The predicted molar refractivity (Wildman–Crippen MR) is 69.8 cm³/mol. The fourth-order valence-corrected chi connectivity index (χ4v) is 1.62. The summed E-state index contributed by atoms with van der Waals surface area (Å²) >= 11 is 0. The molecule has 0 aliphatic heterocycles. The summed E-state index contributed by atoms with van der Waals surface area (Å²) in [5.41, 5.74) is 1.80. The van der Waals surface area contributed by atoms with Crippen LogP contribution in [0.3, 0.4) is 0 Å². The van der Waals surface area contributed by atoms with Gasteiger partial charge in [0.1, 0.15) is 0 Å². The molecule has 0 spiro atoms. The fourth-order valence-electron chi connectivity index (χ4n) is 1.62. The molecule has 0 saturated heterocycles. The van der Waals surface area contributed by atoms with Gasteiger partial charge in [-0.25, -0.2) is 0 Å². The van der Waals surface area contributed by atoms with Crippen LogP contribution in [0.25, 0.3) is 0 Å². The van der Waals surface area contributed by atoms with E-state index in [4.69, 9.17) is 5.11 Å². The standard InChI is InChI=1S/C14H19NO3/c1-10-5-7-12(8-6-10)14(18)11(2)15-9-3-4-13(16)17/h5-8,11,15H,3-4,9H2,1-2H3,(H,16,17). The van der Waals surface area contributed by atoms with Crippen molar-refractivity contribution in [3.8, 4) is 0 Å². The minimum Gasteiger partial charge on any atom is -0.481 e. The Hall–Kier alpha value is -1.68. The zero-order valence-corrected chi connectivity index (χ0v) is 10.8. The van der Waals surface area contributed by atoms with Crippen molar-refractivity contribution in [3.05, 3.63) is 35.4 Å². The maximum atomic E-state index is 12.0. The number of hydrogen-bond acceptors (Lipinski definition) is 3. The average Bonchev–Trinajstić information content (AvgIpc) is 2.34. The molecule has 18 heavy (non-hydrogen) atoms. The molecule has 0 amide bonds. The van der Waals surface area contributed by atoms with Crippen molar-refractivity contribution in [2.45, 2.75) is 32.7 Å². The zero-order chi connectivity index (χ0) is 13.5. The summed E-state index contributed by atoms with van der Waals surface area (Å²) in [6.45, 7) is 4.30. The minimum atomic E-state index is -0.811. The number of benzene rings is 1. The third-order valence-electron chi connectivity index (χ3n) is 2.75. The molecule has 98 valence electrons. The number of rotatable bonds is 7. The molecule has 0 aromatic heterocycles.